The molecule has 0 bridgehead atoms. The molecular weight excluding hydrogens is 579 g/mol. The summed E-state index contributed by atoms with van der Waals surface area (Å²) in [5, 5.41) is 2.53. The Morgan fingerprint density at radius 1 is 0.333 bits per heavy atom. The summed E-state index contributed by atoms with van der Waals surface area (Å²) < 4.78 is 0. The number of anilines is 3. The minimum atomic E-state index is -0.379. The fourth-order valence-electron chi connectivity index (χ4n) is 8.58. The largest absolute Gasteiger partial charge is 0.310 e. The summed E-state index contributed by atoms with van der Waals surface area (Å²) in [6, 6.07) is 69.1. The summed E-state index contributed by atoms with van der Waals surface area (Å²) in [4.78, 5) is 2.44. The highest BCUT2D eigenvalue weighted by Crippen LogP contribution is 2.64. The van der Waals surface area contributed by atoms with Crippen molar-refractivity contribution in [1.29, 1.82) is 0 Å². The van der Waals surface area contributed by atoms with Crippen LogP contribution in [0.4, 0.5) is 17.1 Å². The molecule has 0 saturated carbocycles. The molecule has 48 heavy (non-hydrogen) atoms. The Morgan fingerprint density at radius 2 is 0.833 bits per heavy atom. The van der Waals surface area contributed by atoms with Gasteiger partial charge in [-0.3, -0.25) is 0 Å². The van der Waals surface area contributed by atoms with E-state index in [0.717, 1.165) is 11.4 Å². The first kappa shape index (κ1) is 27.0. The molecule has 0 radical (unpaired) electrons. The molecule has 8 aromatic carbocycles. The molecule has 2 aliphatic rings. The zero-order chi connectivity index (χ0) is 31.7. The van der Waals surface area contributed by atoms with E-state index in [1.807, 2.05) is 0 Å². The molecule has 0 amide bonds. The Balaban J connectivity index is 1.21. The maximum atomic E-state index is 2.44. The quantitative estimate of drug-likeness (QED) is 0.192. The number of rotatable bonds is 4. The van der Waals surface area contributed by atoms with Crippen molar-refractivity contribution < 1.29 is 0 Å². The van der Waals surface area contributed by atoms with Crippen LogP contribution in [-0.2, 0) is 5.41 Å². The van der Waals surface area contributed by atoms with Crippen LogP contribution in [0.2, 0.25) is 0 Å². The molecule has 0 aliphatic heterocycles. The van der Waals surface area contributed by atoms with E-state index in [1.54, 1.807) is 0 Å². The lowest BCUT2D eigenvalue weighted by molar-refractivity contribution is 0.794. The van der Waals surface area contributed by atoms with E-state index in [0.29, 0.717) is 0 Å². The van der Waals surface area contributed by atoms with Gasteiger partial charge in [0.2, 0.25) is 0 Å². The van der Waals surface area contributed by atoms with Gasteiger partial charge in [0, 0.05) is 16.9 Å². The standard InChI is InChI=1S/C47H31N/c1-2-16-34(17-3-1)48(35-30-28-33(29-31-35)37-22-12-15-32-14-4-5-18-36(32)37)45-27-13-26-44-46(45)40-21-8-11-25-43(40)47(44)41-23-9-6-19-38(41)39-20-7-10-24-42(39)47/h1-31H. The molecule has 0 aromatic heterocycles. The second-order valence-corrected chi connectivity index (χ2v) is 12.8. The van der Waals surface area contributed by atoms with Crippen LogP contribution in [0.1, 0.15) is 22.3 Å². The van der Waals surface area contributed by atoms with Crippen LogP contribution < -0.4 is 4.90 Å². The highest BCUT2D eigenvalue weighted by Gasteiger charge is 2.52. The second kappa shape index (κ2) is 10.4. The van der Waals surface area contributed by atoms with Gasteiger partial charge in [-0.25, -0.2) is 0 Å². The molecule has 1 heteroatoms. The van der Waals surface area contributed by atoms with Gasteiger partial charge in [-0.05, 0) is 91.2 Å². The molecule has 2 aliphatic carbocycles. The first-order chi connectivity index (χ1) is 23.8. The van der Waals surface area contributed by atoms with Crippen molar-refractivity contribution in [2.75, 3.05) is 4.90 Å². The Bertz CT molecular complexity index is 2460. The topological polar surface area (TPSA) is 3.24 Å². The van der Waals surface area contributed by atoms with Gasteiger partial charge in [0.15, 0.2) is 0 Å². The van der Waals surface area contributed by atoms with Gasteiger partial charge < -0.3 is 4.90 Å². The van der Waals surface area contributed by atoms with Crippen LogP contribution in [0.5, 0.6) is 0 Å². The van der Waals surface area contributed by atoms with Gasteiger partial charge in [-0.15, -0.1) is 0 Å². The van der Waals surface area contributed by atoms with E-state index < -0.39 is 0 Å². The molecule has 0 heterocycles. The lowest BCUT2D eigenvalue weighted by Crippen LogP contribution is -2.26. The molecular formula is C47H31N. The summed E-state index contributed by atoms with van der Waals surface area (Å²) >= 11 is 0. The molecule has 1 spiro atoms. The van der Waals surface area contributed by atoms with Crippen LogP contribution in [0.3, 0.4) is 0 Å². The van der Waals surface area contributed by atoms with Gasteiger partial charge in [0.25, 0.3) is 0 Å². The number of benzene rings is 8. The predicted octanol–water partition coefficient (Wildman–Crippen LogP) is 12.3. The highest BCUT2D eigenvalue weighted by molar-refractivity contribution is 6.01. The molecule has 0 fully saturated rings. The van der Waals surface area contributed by atoms with Gasteiger partial charge >= 0.3 is 0 Å². The molecule has 10 rings (SSSR count). The molecule has 1 nitrogen and oxygen atoms in total. The van der Waals surface area contributed by atoms with Crippen LogP contribution >= 0.6 is 0 Å². The molecule has 0 saturated heterocycles. The Hall–Kier alpha value is -6.18. The number of nitrogens with zero attached hydrogens (tertiary/aromatic N) is 1. The SMILES string of the molecule is c1ccc(N(c2ccc(-c3cccc4ccccc34)cc2)c2cccc3c2-c2ccccc2C32c3ccccc3-c3ccccc32)cc1. The van der Waals surface area contributed by atoms with Crippen LogP contribution in [0, 0.1) is 0 Å². The van der Waals surface area contributed by atoms with Gasteiger partial charge in [0.05, 0.1) is 11.1 Å². The average molecular weight is 610 g/mol. The van der Waals surface area contributed by atoms with Crippen molar-refractivity contribution in [1.82, 2.24) is 0 Å². The zero-order valence-electron chi connectivity index (χ0n) is 26.3. The van der Waals surface area contributed by atoms with Crippen molar-refractivity contribution in [3.05, 3.63) is 210 Å². The molecule has 224 valence electrons. The minimum Gasteiger partial charge on any atom is -0.310 e. The smallest absolute Gasteiger partial charge is 0.0726 e. The molecule has 0 unspecified atom stereocenters. The first-order valence-electron chi connectivity index (χ1n) is 16.7. The summed E-state index contributed by atoms with van der Waals surface area (Å²) in [7, 11) is 0. The fourth-order valence-corrected chi connectivity index (χ4v) is 8.58. The normalized spacial score (nSPS) is 13.2. The fraction of sp³-hybridized carbons (Fsp3) is 0.0213. The number of hydrogen-bond acceptors (Lipinski definition) is 1. The van der Waals surface area contributed by atoms with Gasteiger partial charge in [-0.1, -0.05) is 158 Å². The third-order valence-electron chi connectivity index (χ3n) is 10.5. The van der Waals surface area contributed by atoms with E-state index in [1.165, 1.54) is 72.1 Å². The van der Waals surface area contributed by atoms with Crippen molar-refractivity contribution in [2.45, 2.75) is 5.41 Å². The van der Waals surface area contributed by atoms with Crippen LogP contribution in [0.15, 0.2) is 188 Å². The Morgan fingerprint density at radius 3 is 1.56 bits per heavy atom. The zero-order valence-corrected chi connectivity index (χ0v) is 26.3. The maximum Gasteiger partial charge on any atom is 0.0726 e. The number of fused-ring (bicyclic) bond motifs is 11. The minimum absolute atomic E-state index is 0.379. The predicted molar refractivity (Wildman–Crippen MR) is 200 cm³/mol. The maximum absolute atomic E-state index is 2.44. The summed E-state index contributed by atoms with van der Waals surface area (Å²) in [5.41, 5.74) is 16.2. The number of hydrogen-bond donors (Lipinski definition) is 0. The van der Waals surface area contributed by atoms with Crippen molar-refractivity contribution in [3.8, 4) is 33.4 Å². The molecule has 0 atom stereocenters. The molecule has 0 N–H and O–H groups in total. The number of para-hydroxylation sites is 1. The lowest BCUT2D eigenvalue weighted by Gasteiger charge is -2.31. The monoisotopic (exact) mass is 609 g/mol. The van der Waals surface area contributed by atoms with Gasteiger partial charge in [0.1, 0.15) is 0 Å². The van der Waals surface area contributed by atoms with E-state index in [4.69, 9.17) is 0 Å². The van der Waals surface area contributed by atoms with E-state index >= 15 is 0 Å². The lowest BCUT2D eigenvalue weighted by atomic mass is 9.70. The van der Waals surface area contributed by atoms with Crippen LogP contribution in [0.25, 0.3) is 44.2 Å². The van der Waals surface area contributed by atoms with Gasteiger partial charge in [-0.2, -0.15) is 0 Å². The molecule has 8 aromatic rings. The summed E-state index contributed by atoms with van der Waals surface area (Å²) in [5.74, 6) is 0. The van der Waals surface area contributed by atoms with Crippen LogP contribution in [-0.4, -0.2) is 0 Å². The highest BCUT2D eigenvalue weighted by atomic mass is 15.1. The van der Waals surface area contributed by atoms with E-state index in [-0.39, 0.29) is 5.41 Å². The average Bonchev–Trinajstić information content (AvgIpc) is 3.64. The van der Waals surface area contributed by atoms with Crippen molar-refractivity contribution in [2.24, 2.45) is 0 Å². The summed E-state index contributed by atoms with van der Waals surface area (Å²) in [6.07, 6.45) is 0. The third kappa shape index (κ3) is 3.67. The second-order valence-electron chi connectivity index (χ2n) is 12.8. The van der Waals surface area contributed by atoms with E-state index in [9.17, 15) is 0 Å². The van der Waals surface area contributed by atoms with Crippen molar-refractivity contribution >= 4 is 27.8 Å². The first-order valence-corrected chi connectivity index (χ1v) is 16.7. The Labute approximate surface area is 281 Å². The Kier molecular flexibility index (Phi) is 5.86. The third-order valence-corrected chi connectivity index (χ3v) is 10.5. The van der Waals surface area contributed by atoms with E-state index in [2.05, 4.69) is 193 Å². The summed E-state index contributed by atoms with van der Waals surface area (Å²) in [6.45, 7) is 0. The van der Waals surface area contributed by atoms with Crippen molar-refractivity contribution in [3.63, 3.8) is 0 Å².